The Hall–Kier alpha value is -3.15. The van der Waals surface area contributed by atoms with E-state index in [1.54, 1.807) is 30.3 Å². The number of amides is 2. The molecule has 0 aliphatic rings. The van der Waals surface area contributed by atoms with Gasteiger partial charge < -0.3 is 20.5 Å². The van der Waals surface area contributed by atoms with Crippen molar-refractivity contribution in [1.29, 1.82) is 0 Å². The molecular formula is C18H17N2O4-. The number of carboxylic acids is 1. The highest BCUT2D eigenvalue weighted by molar-refractivity contribution is 6.08. The summed E-state index contributed by atoms with van der Waals surface area (Å²) in [6.07, 6.45) is 1.13. The SMILES string of the molecule is CCCC(=O)Nc1cccc(C(=O)Nc2ccccc2C(=O)[O-])c1. The first-order chi connectivity index (χ1) is 11.5. The zero-order chi connectivity index (χ0) is 17.5. The predicted molar refractivity (Wildman–Crippen MR) is 88.7 cm³/mol. The standard InChI is InChI=1S/C18H18N2O4/c1-2-6-16(21)19-13-8-5-7-12(11-13)17(22)20-15-10-4-3-9-14(15)18(23)24/h3-5,7-11H,2,6H2,1H3,(H,19,21)(H,20,22)(H,23,24)/p-1. The number of carbonyl (C=O) groups excluding carboxylic acids is 3. The second-order valence-electron chi connectivity index (χ2n) is 5.17. The Kier molecular flexibility index (Phi) is 5.68. The molecule has 0 saturated carbocycles. The van der Waals surface area contributed by atoms with Crippen LogP contribution in [0.4, 0.5) is 11.4 Å². The summed E-state index contributed by atoms with van der Waals surface area (Å²) >= 11 is 0. The first-order valence-electron chi connectivity index (χ1n) is 7.53. The van der Waals surface area contributed by atoms with E-state index in [4.69, 9.17) is 0 Å². The molecule has 0 aromatic heterocycles. The van der Waals surface area contributed by atoms with Gasteiger partial charge in [-0.2, -0.15) is 0 Å². The van der Waals surface area contributed by atoms with Gasteiger partial charge in [0.1, 0.15) is 0 Å². The van der Waals surface area contributed by atoms with E-state index in [1.165, 1.54) is 18.2 Å². The maximum Gasteiger partial charge on any atom is 0.255 e. The van der Waals surface area contributed by atoms with Gasteiger partial charge in [0.25, 0.3) is 5.91 Å². The normalized spacial score (nSPS) is 10.0. The molecule has 0 atom stereocenters. The highest BCUT2D eigenvalue weighted by Crippen LogP contribution is 2.17. The zero-order valence-corrected chi connectivity index (χ0v) is 13.2. The van der Waals surface area contributed by atoms with Crippen molar-refractivity contribution in [1.82, 2.24) is 0 Å². The largest absolute Gasteiger partial charge is 0.545 e. The van der Waals surface area contributed by atoms with Crippen LogP contribution in [0.2, 0.25) is 0 Å². The van der Waals surface area contributed by atoms with Crippen molar-refractivity contribution in [2.24, 2.45) is 0 Å². The zero-order valence-electron chi connectivity index (χ0n) is 13.2. The molecule has 0 fully saturated rings. The van der Waals surface area contributed by atoms with Gasteiger partial charge in [-0.25, -0.2) is 0 Å². The molecule has 2 rings (SSSR count). The maximum atomic E-state index is 12.3. The third-order valence-corrected chi connectivity index (χ3v) is 3.28. The van der Waals surface area contributed by atoms with Crippen molar-refractivity contribution in [3.63, 3.8) is 0 Å². The van der Waals surface area contributed by atoms with Crippen LogP contribution in [0.3, 0.4) is 0 Å². The third kappa shape index (κ3) is 4.42. The van der Waals surface area contributed by atoms with Crippen LogP contribution in [-0.4, -0.2) is 17.8 Å². The Morgan fingerprint density at radius 1 is 1.00 bits per heavy atom. The first kappa shape index (κ1) is 17.2. The monoisotopic (exact) mass is 325 g/mol. The maximum absolute atomic E-state index is 12.3. The fourth-order valence-electron chi connectivity index (χ4n) is 2.15. The smallest absolute Gasteiger partial charge is 0.255 e. The summed E-state index contributed by atoms with van der Waals surface area (Å²) in [6.45, 7) is 1.90. The summed E-state index contributed by atoms with van der Waals surface area (Å²) in [7, 11) is 0. The van der Waals surface area contributed by atoms with Crippen LogP contribution in [0, 0.1) is 0 Å². The van der Waals surface area contributed by atoms with E-state index in [0.717, 1.165) is 6.42 Å². The van der Waals surface area contributed by atoms with Crippen LogP contribution >= 0.6 is 0 Å². The van der Waals surface area contributed by atoms with Gasteiger partial charge in [0, 0.05) is 23.2 Å². The fraction of sp³-hybridized carbons (Fsp3) is 0.167. The summed E-state index contributed by atoms with van der Waals surface area (Å²) in [5.74, 6) is -1.97. The Morgan fingerprint density at radius 2 is 1.75 bits per heavy atom. The first-order valence-corrected chi connectivity index (χ1v) is 7.53. The summed E-state index contributed by atoms with van der Waals surface area (Å²) in [4.78, 5) is 35.0. The molecular weight excluding hydrogens is 308 g/mol. The summed E-state index contributed by atoms with van der Waals surface area (Å²) in [6, 6.07) is 12.4. The van der Waals surface area contributed by atoms with E-state index in [-0.39, 0.29) is 17.2 Å². The fourth-order valence-corrected chi connectivity index (χ4v) is 2.15. The number of anilines is 2. The highest BCUT2D eigenvalue weighted by atomic mass is 16.4. The van der Waals surface area contributed by atoms with Crippen molar-refractivity contribution < 1.29 is 19.5 Å². The molecule has 2 aromatic rings. The van der Waals surface area contributed by atoms with E-state index < -0.39 is 11.9 Å². The molecule has 0 saturated heterocycles. The lowest BCUT2D eigenvalue weighted by molar-refractivity contribution is -0.254. The van der Waals surface area contributed by atoms with Gasteiger partial charge in [-0.1, -0.05) is 31.2 Å². The topological polar surface area (TPSA) is 98.3 Å². The Morgan fingerprint density at radius 3 is 2.46 bits per heavy atom. The number of hydrogen-bond donors (Lipinski definition) is 2. The van der Waals surface area contributed by atoms with Crippen molar-refractivity contribution in [2.45, 2.75) is 19.8 Å². The van der Waals surface area contributed by atoms with E-state index >= 15 is 0 Å². The van der Waals surface area contributed by atoms with Gasteiger partial charge in [0.2, 0.25) is 5.91 Å². The van der Waals surface area contributed by atoms with Crippen LogP contribution in [0.15, 0.2) is 48.5 Å². The number of hydrogen-bond acceptors (Lipinski definition) is 4. The lowest BCUT2D eigenvalue weighted by atomic mass is 10.1. The minimum Gasteiger partial charge on any atom is -0.545 e. The molecule has 2 aromatic carbocycles. The number of rotatable bonds is 6. The van der Waals surface area contributed by atoms with Crippen LogP contribution in [0.5, 0.6) is 0 Å². The third-order valence-electron chi connectivity index (χ3n) is 3.28. The second kappa shape index (κ2) is 7.92. The van der Waals surface area contributed by atoms with Gasteiger partial charge in [0.05, 0.1) is 11.7 Å². The number of carboxylic acid groups (broad SMARTS) is 1. The molecule has 0 spiro atoms. The number of carbonyl (C=O) groups is 3. The molecule has 0 bridgehead atoms. The van der Waals surface area contributed by atoms with Crippen LogP contribution < -0.4 is 15.7 Å². The van der Waals surface area contributed by atoms with E-state index in [2.05, 4.69) is 10.6 Å². The Labute approximate surface area is 139 Å². The number of benzene rings is 2. The average molecular weight is 325 g/mol. The van der Waals surface area contributed by atoms with Gasteiger partial charge in [-0.15, -0.1) is 0 Å². The lowest BCUT2D eigenvalue weighted by Crippen LogP contribution is -2.24. The van der Waals surface area contributed by atoms with Crippen molar-refractivity contribution in [3.05, 3.63) is 59.7 Å². The summed E-state index contributed by atoms with van der Waals surface area (Å²) in [5.41, 5.74) is 0.868. The average Bonchev–Trinajstić information content (AvgIpc) is 2.55. The quantitative estimate of drug-likeness (QED) is 0.849. The Balaban J connectivity index is 2.16. The molecule has 124 valence electrons. The van der Waals surface area contributed by atoms with E-state index in [1.807, 2.05) is 6.92 Å². The molecule has 24 heavy (non-hydrogen) atoms. The van der Waals surface area contributed by atoms with Crippen LogP contribution in [-0.2, 0) is 4.79 Å². The minimum absolute atomic E-state index is 0.0988. The van der Waals surface area contributed by atoms with Gasteiger partial charge in [0.15, 0.2) is 0 Å². The lowest BCUT2D eigenvalue weighted by Gasteiger charge is -2.12. The van der Waals surface area contributed by atoms with Crippen LogP contribution in [0.1, 0.15) is 40.5 Å². The van der Waals surface area contributed by atoms with E-state index in [9.17, 15) is 19.5 Å². The summed E-state index contributed by atoms with van der Waals surface area (Å²) < 4.78 is 0. The molecule has 0 aliphatic carbocycles. The molecule has 2 N–H and O–H groups in total. The summed E-state index contributed by atoms with van der Waals surface area (Å²) in [5, 5.41) is 16.3. The molecule has 6 nitrogen and oxygen atoms in total. The predicted octanol–water partition coefficient (Wildman–Crippen LogP) is 2.04. The number of nitrogens with one attached hydrogen (secondary N) is 2. The van der Waals surface area contributed by atoms with Crippen molar-refractivity contribution in [3.8, 4) is 0 Å². The highest BCUT2D eigenvalue weighted by Gasteiger charge is 2.10. The molecule has 0 aliphatic heterocycles. The van der Waals surface area contributed by atoms with E-state index in [0.29, 0.717) is 17.7 Å². The molecule has 2 amide bonds. The Bertz CT molecular complexity index is 771. The minimum atomic E-state index is -1.37. The second-order valence-corrected chi connectivity index (χ2v) is 5.17. The number of para-hydroxylation sites is 1. The molecule has 6 heteroatoms. The molecule has 0 unspecified atom stereocenters. The molecule has 0 heterocycles. The molecule has 0 radical (unpaired) electrons. The van der Waals surface area contributed by atoms with Crippen LogP contribution in [0.25, 0.3) is 0 Å². The van der Waals surface area contributed by atoms with Crippen molar-refractivity contribution >= 4 is 29.2 Å². The van der Waals surface area contributed by atoms with Gasteiger partial charge in [-0.05, 0) is 30.7 Å². The number of aromatic carboxylic acids is 1. The van der Waals surface area contributed by atoms with Gasteiger partial charge in [-0.3, -0.25) is 9.59 Å². The van der Waals surface area contributed by atoms with Crippen molar-refractivity contribution in [2.75, 3.05) is 10.6 Å². The van der Waals surface area contributed by atoms with Gasteiger partial charge >= 0.3 is 0 Å².